The van der Waals surface area contributed by atoms with Crippen LogP contribution in [0.5, 0.6) is 0 Å². The second-order valence-electron chi connectivity index (χ2n) is 5.12. The SMILES string of the molecule is CCC1(CC)CN(C(=O)[C@@H]2CC(C)=NO2)CCO1. The number of amides is 1. The zero-order valence-electron chi connectivity index (χ0n) is 11.4. The molecule has 2 heterocycles. The third kappa shape index (κ3) is 2.51. The molecule has 102 valence electrons. The van der Waals surface area contributed by atoms with Gasteiger partial charge in [-0.05, 0) is 19.8 Å². The molecule has 1 fully saturated rings. The fourth-order valence-corrected chi connectivity index (χ4v) is 2.54. The van der Waals surface area contributed by atoms with E-state index in [1.807, 2.05) is 11.8 Å². The van der Waals surface area contributed by atoms with Gasteiger partial charge in [-0.25, -0.2) is 0 Å². The normalized spacial score (nSPS) is 26.7. The van der Waals surface area contributed by atoms with E-state index in [9.17, 15) is 4.79 Å². The minimum atomic E-state index is -0.422. The molecule has 1 saturated heterocycles. The van der Waals surface area contributed by atoms with Gasteiger partial charge in [0.05, 0.1) is 17.9 Å². The molecule has 5 nitrogen and oxygen atoms in total. The Hall–Kier alpha value is -1.10. The number of ether oxygens (including phenoxy) is 1. The molecule has 0 bridgehead atoms. The van der Waals surface area contributed by atoms with E-state index in [-0.39, 0.29) is 11.5 Å². The van der Waals surface area contributed by atoms with Crippen LogP contribution in [0.3, 0.4) is 0 Å². The second kappa shape index (κ2) is 5.26. The Bertz CT molecular complexity index is 350. The minimum absolute atomic E-state index is 0.0465. The predicted molar refractivity (Wildman–Crippen MR) is 68.4 cm³/mol. The van der Waals surface area contributed by atoms with Crippen molar-refractivity contribution in [1.29, 1.82) is 0 Å². The molecule has 1 amide bonds. The van der Waals surface area contributed by atoms with E-state index >= 15 is 0 Å². The summed E-state index contributed by atoms with van der Waals surface area (Å²) in [5, 5.41) is 3.85. The lowest BCUT2D eigenvalue weighted by Gasteiger charge is -2.42. The summed E-state index contributed by atoms with van der Waals surface area (Å²) in [6.07, 6.45) is 2.04. The first-order valence-corrected chi connectivity index (χ1v) is 6.72. The zero-order chi connectivity index (χ0) is 13.2. The summed E-state index contributed by atoms with van der Waals surface area (Å²) < 4.78 is 5.86. The van der Waals surface area contributed by atoms with E-state index < -0.39 is 6.10 Å². The van der Waals surface area contributed by atoms with Crippen LogP contribution in [0.2, 0.25) is 0 Å². The summed E-state index contributed by atoms with van der Waals surface area (Å²) in [6.45, 7) is 8.03. The fourth-order valence-electron chi connectivity index (χ4n) is 2.54. The third-order valence-corrected chi connectivity index (χ3v) is 3.94. The maximum absolute atomic E-state index is 12.3. The number of rotatable bonds is 3. The van der Waals surface area contributed by atoms with Gasteiger partial charge in [0.15, 0.2) is 0 Å². The van der Waals surface area contributed by atoms with Gasteiger partial charge < -0.3 is 14.5 Å². The molecular weight excluding hydrogens is 232 g/mol. The van der Waals surface area contributed by atoms with Crippen molar-refractivity contribution in [3.05, 3.63) is 0 Å². The van der Waals surface area contributed by atoms with E-state index in [4.69, 9.17) is 9.57 Å². The van der Waals surface area contributed by atoms with Crippen molar-refractivity contribution in [3.63, 3.8) is 0 Å². The van der Waals surface area contributed by atoms with E-state index in [1.165, 1.54) is 0 Å². The molecule has 0 aliphatic carbocycles. The Morgan fingerprint density at radius 3 is 2.78 bits per heavy atom. The summed E-state index contributed by atoms with van der Waals surface area (Å²) >= 11 is 0. The number of nitrogens with zero attached hydrogens (tertiary/aromatic N) is 2. The summed E-state index contributed by atoms with van der Waals surface area (Å²) in [6, 6.07) is 0. The molecule has 0 radical (unpaired) electrons. The highest BCUT2D eigenvalue weighted by atomic mass is 16.6. The summed E-state index contributed by atoms with van der Waals surface area (Å²) in [7, 11) is 0. The molecule has 0 N–H and O–H groups in total. The van der Waals surface area contributed by atoms with Crippen molar-refractivity contribution in [2.75, 3.05) is 19.7 Å². The van der Waals surface area contributed by atoms with Gasteiger partial charge in [0.25, 0.3) is 5.91 Å². The summed E-state index contributed by atoms with van der Waals surface area (Å²) in [5.41, 5.74) is 0.710. The highest BCUT2D eigenvalue weighted by Crippen LogP contribution is 2.26. The minimum Gasteiger partial charge on any atom is -0.382 e. The predicted octanol–water partition coefficient (Wildman–Crippen LogP) is 1.57. The van der Waals surface area contributed by atoms with Crippen molar-refractivity contribution in [2.24, 2.45) is 5.16 Å². The molecule has 1 atom stereocenters. The highest BCUT2D eigenvalue weighted by Gasteiger charge is 2.39. The Labute approximate surface area is 108 Å². The van der Waals surface area contributed by atoms with Crippen LogP contribution in [0.15, 0.2) is 5.16 Å². The van der Waals surface area contributed by atoms with Crippen LogP contribution in [0, 0.1) is 0 Å². The molecule has 2 rings (SSSR count). The highest BCUT2D eigenvalue weighted by molar-refractivity contribution is 5.91. The van der Waals surface area contributed by atoms with Gasteiger partial charge in [-0.2, -0.15) is 0 Å². The number of oxime groups is 1. The number of hydrogen-bond donors (Lipinski definition) is 0. The first kappa shape index (κ1) is 13.3. The average molecular weight is 254 g/mol. The molecule has 18 heavy (non-hydrogen) atoms. The first-order valence-electron chi connectivity index (χ1n) is 6.72. The molecule has 0 aromatic heterocycles. The molecule has 2 aliphatic rings. The molecule has 0 spiro atoms. The van der Waals surface area contributed by atoms with Gasteiger partial charge in [-0.1, -0.05) is 19.0 Å². The van der Waals surface area contributed by atoms with Gasteiger partial charge in [0, 0.05) is 19.5 Å². The topological polar surface area (TPSA) is 51.1 Å². The van der Waals surface area contributed by atoms with Gasteiger partial charge in [-0.3, -0.25) is 4.79 Å². The van der Waals surface area contributed by atoms with E-state index in [0.717, 1.165) is 18.6 Å². The lowest BCUT2D eigenvalue weighted by atomic mass is 9.94. The van der Waals surface area contributed by atoms with Crippen molar-refractivity contribution < 1.29 is 14.4 Å². The second-order valence-corrected chi connectivity index (χ2v) is 5.12. The zero-order valence-corrected chi connectivity index (χ0v) is 11.4. The monoisotopic (exact) mass is 254 g/mol. The smallest absolute Gasteiger partial charge is 0.267 e. The van der Waals surface area contributed by atoms with Crippen molar-refractivity contribution in [1.82, 2.24) is 4.90 Å². The van der Waals surface area contributed by atoms with Crippen LogP contribution in [0.25, 0.3) is 0 Å². The molecule has 5 heteroatoms. The molecule has 0 saturated carbocycles. The van der Waals surface area contributed by atoms with Crippen LogP contribution < -0.4 is 0 Å². The first-order chi connectivity index (χ1) is 8.60. The standard InChI is InChI=1S/C13H22N2O3/c1-4-13(5-2)9-15(6-7-17-13)12(16)11-8-10(3)14-18-11/h11H,4-9H2,1-3H3/t11-/m0/s1. The van der Waals surface area contributed by atoms with E-state index in [0.29, 0.717) is 26.1 Å². The number of morpholine rings is 1. The maximum atomic E-state index is 12.3. The van der Waals surface area contributed by atoms with Crippen LogP contribution in [0.1, 0.15) is 40.0 Å². The Morgan fingerprint density at radius 1 is 1.50 bits per heavy atom. The van der Waals surface area contributed by atoms with Crippen molar-refractivity contribution in [3.8, 4) is 0 Å². The summed E-state index contributed by atoms with van der Waals surface area (Å²) in [4.78, 5) is 19.4. The van der Waals surface area contributed by atoms with Crippen LogP contribution in [0.4, 0.5) is 0 Å². The van der Waals surface area contributed by atoms with E-state index in [1.54, 1.807) is 0 Å². The fraction of sp³-hybridized carbons (Fsp3) is 0.846. The van der Waals surface area contributed by atoms with Crippen molar-refractivity contribution in [2.45, 2.75) is 51.7 Å². The van der Waals surface area contributed by atoms with Crippen LogP contribution in [-0.4, -0.2) is 47.9 Å². The number of carbonyl (C=O) groups excluding carboxylic acids is 1. The molecule has 0 aromatic rings. The molecular formula is C13H22N2O3. The Morgan fingerprint density at radius 2 is 2.22 bits per heavy atom. The Kier molecular flexibility index (Phi) is 3.90. The third-order valence-electron chi connectivity index (χ3n) is 3.94. The largest absolute Gasteiger partial charge is 0.382 e. The Balaban J connectivity index is 1.98. The van der Waals surface area contributed by atoms with Crippen LogP contribution in [-0.2, 0) is 14.4 Å². The summed E-state index contributed by atoms with van der Waals surface area (Å²) in [5.74, 6) is 0.0465. The number of hydrogen-bond acceptors (Lipinski definition) is 4. The van der Waals surface area contributed by atoms with Crippen LogP contribution >= 0.6 is 0 Å². The molecule has 0 unspecified atom stereocenters. The van der Waals surface area contributed by atoms with Gasteiger partial charge in [-0.15, -0.1) is 0 Å². The lowest BCUT2D eigenvalue weighted by molar-refractivity contribution is -0.161. The molecule has 2 aliphatic heterocycles. The lowest BCUT2D eigenvalue weighted by Crippen LogP contribution is -2.55. The van der Waals surface area contributed by atoms with E-state index in [2.05, 4.69) is 19.0 Å². The van der Waals surface area contributed by atoms with Gasteiger partial charge in [0.1, 0.15) is 0 Å². The number of carbonyl (C=O) groups is 1. The maximum Gasteiger partial charge on any atom is 0.267 e. The molecule has 0 aromatic carbocycles. The van der Waals surface area contributed by atoms with Crippen molar-refractivity contribution >= 4 is 11.6 Å². The van der Waals surface area contributed by atoms with Gasteiger partial charge >= 0.3 is 0 Å². The average Bonchev–Trinajstić information content (AvgIpc) is 2.84. The van der Waals surface area contributed by atoms with Gasteiger partial charge in [0.2, 0.25) is 6.10 Å². The quantitative estimate of drug-likeness (QED) is 0.768.